The number of aryl methyl sites for hydroxylation is 1. The molecule has 19 heavy (non-hydrogen) atoms. The van der Waals surface area contributed by atoms with Crippen LogP contribution in [0.4, 0.5) is 5.69 Å². The molecule has 0 aliphatic heterocycles. The topological polar surface area (TPSA) is 46.3 Å². The van der Waals surface area contributed by atoms with Gasteiger partial charge in [0.05, 0.1) is 0 Å². The van der Waals surface area contributed by atoms with Gasteiger partial charge in [0.1, 0.15) is 0 Å². The Balaban J connectivity index is 2.13. The lowest BCUT2D eigenvalue weighted by atomic mass is 9.94. The van der Waals surface area contributed by atoms with Gasteiger partial charge in [-0.15, -0.1) is 0 Å². The average molecular weight is 260 g/mol. The van der Waals surface area contributed by atoms with Gasteiger partial charge in [-0.3, -0.25) is 4.79 Å². The number of rotatable bonds is 4. The number of benzene rings is 1. The molecule has 2 rings (SSSR count). The first kappa shape index (κ1) is 14.1. The first-order valence-corrected chi connectivity index (χ1v) is 7.20. The largest absolute Gasteiger partial charge is 0.325 e. The van der Waals surface area contributed by atoms with Crippen LogP contribution in [0.3, 0.4) is 0 Å². The van der Waals surface area contributed by atoms with Gasteiger partial charge >= 0.3 is 0 Å². The summed E-state index contributed by atoms with van der Waals surface area (Å²) in [6.07, 6.45) is 4.73. The molecule has 3 nitrogen and oxygen atoms in total. The van der Waals surface area contributed by atoms with Crippen molar-refractivity contribution in [1.82, 2.24) is 0 Å². The fourth-order valence-electron chi connectivity index (χ4n) is 3.00. The van der Waals surface area contributed by atoms with Gasteiger partial charge < -0.3 is 10.6 Å². The van der Waals surface area contributed by atoms with Crippen molar-refractivity contribution in [3.05, 3.63) is 29.8 Å². The number of nitrogens with zero attached hydrogens (tertiary/aromatic N) is 1. The SMILES string of the molecule is CCN(C(=O)CC1(N)CCCC1)c1ccccc1C. The Morgan fingerprint density at radius 1 is 1.32 bits per heavy atom. The third-order valence-electron chi connectivity index (χ3n) is 4.13. The van der Waals surface area contributed by atoms with E-state index in [0.717, 1.165) is 36.9 Å². The summed E-state index contributed by atoms with van der Waals surface area (Å²) >= 11 is 0. The molecule has 3 heteroatoms. The summed E-state index contributed by atoms with van der Waals surface area (Å²) in [6, 6.07) is 8.03. The molecule has 0 unspecified atom stereocenters. The van der Waals surface area contributed by atoms with Gasteiger partial charge in [0.2, 0.25) is 5.91 Å². The molecule has 0 aromatic heterocycles. The van der Waals surface area contributed by atoms with Gasteiger partial charge in [-0.05, 0) is 38.3 Å². The summed E-state index contributed by atoms with van der Waals surface area (Å²) < 4.78 is 0. The molecule has 0 spiro atoms. The van der Waals surface area contributed by atoms with E-state index in [1.807, 2.05) is 43.0 Å². The van der Waals surface area contributed by atoms with Gasteiger partial charge in [0.25, 0.3) is 0 Å². The van der Waals surface area contributed by atoms with E-state index in [2.05, 4.69) is 0 Å². The predicted octanol–water partition coefficient (Wildman–Crippen LogP) is 3.01. The molecular formula is C16H24N2O. The fourth-order valence-corrected chi connectivity index (χ4v) is 3.00. The van der Waals surface area contributed by atoms with Crippen LogP contribution in [0, 0.1) is 6.92 Å². The smallest absolute Gasteiger partial charge is 0.228 e. The van der Waals surface area contributed by atoms with Crippen LogP contribution in [0.25, 0.3) is 0 Å². The second-order valence-corrected chi connectivity index (χ2v) is 5.67. The molecule has 1 amide bonds. The van der Waals surface area contributed by atoms with Gasteiger partial charge in [-0.25, -0.2) is 0 Å². The Morgan fingerprint density at radius 3 is 2.53 bits per heavy atom. The van der Waals surface area contributed by atoms with E-state index in [4.69, 9.17) is 5.73 Å². The molecular weight excluding hydrogens is 236 g/mol. The normalized spacial score (nSPS) is 17.4. The number of amides is 1. The lowest BCUT2D eigenvalue weighted by molar-refractivity contribution is -0.119. The number of nitrogens with two attached hydrogens (primary N) is 1. The van der Waals surface area contributed by atoms with Crippen LogP contribution >= 0.6 is 0 Å². The van der Waals surface area contributed by atoms with Crippen LogP contribution in [0.15, 0.2) is 24.3 Å². The number of hydrogen-bond acceptors (Lipinski definition) is 2. The standard InChI is InChI=1S/C16H24N2O/c1-3-18(14-9-5-4-8-13(14)2)15(19)12-16(17)10-6-7-11-16/h4-5,8-9H,3,6-7,10-12,17H2,1-2H3. The van der Waals surface area contributed by atoms with Gasteiger partial charge in [-0.1, -0.05) is 31.0 Å². The van der Waals surface area contributed by atoms with Crippen molar-refractivity contribution in [3.8, 4) is 0 Å². The van der Waals surface area contributed by atoms with Crippen molar-refractivity contribution in [2.24, 2.45) is 5.73 Å². The Morgan fingerprint density at radius 2 is 1.95 bits per heavy atom. The molecule has 1 aromatic carbocycles. The Labute approximate surface area is 115 Å². The lowest BCUT2D eigenvalue weighted by Crippen LogP contribution is -2.44. The van der Waals surface area contributed by atoms with Crippen LogP contribution < -0.4 is 10.6 Å². The molecule has 1 fully saturated rings. The van der Waals surface area contributed by atoms with E-state index < -0.39 is 0 Å². The molecule has 0 atom stereocenters. The summed E-state index contributed by atoms with van der Waals surface area (Å²) in [7, 11) is 0. The van der Waals surface area contributed by atoms with Crippen LogP contribution in [0.1, 0.15) is 44.6 Å². The number of carbonyl (C=O) groups excluding carboxylic acids is 1. The van der Waals surface area contributed by atoms with Crippen LogP contribution in [0.2, 0.25) is 0 Å². The maximum atomic E-state index is 12.5. The molecule has 1 aliphatic carbocycles. The summed E-state index contributed by atoms with van der Waals surface area (Å²) in [4.78, 5) is 14.4. The minimum atomic E-state index is -0.271. The van der Waals surface area contributed by atoms with Crippen LogP contribution in [0.5, 0.6) is 0 Å². The molecule has 1 aromatic rings. The minimum Gasteiger partial charge on any atom is -0.325 e. The van der Waals surface area contributed by atoms with E-state index in [1.54, 1.807) is 0 Å². The van der Waals surface area contributed by atoms with E-state index >= 15 is 0 Å². The van der Waals surface area contributed by atoms with Crippen molar-refractivity contribution >= 4 is 11.6 Å². The molecule has 104 valence electrons. The second-order valence-electron chi connectivity index (χ2n) is 5.67. The number of anilines is 1. The highest BCUT2D eigenvalue weighted by Gasteiger charge is 2.33. The molecule has 0 heterocycles. The zero-order valence-electron chi connectivity index (χ0n) is 12.0. The average Bonchev–Trinajstić information content (AvgIpc) is 2.79. The van der Waals surface area contributed by atoms with Gasteiger partial charge in [0.15, 0.2) is 0 Å². The molecule has 1 aliphatic rings. The molecule has 0 saturated heterocycles. The zero-order valence-corrected chi connectivity index (χ0v) is 12.0. The van der Waals surface area contributed by atoms with Crippen molar-refractivity contribution in [1.29, 1.82) is 0 Å². The molecule has 2 N–H and O–H groups in total. The Bertz CT molecular complexity index is 450. The monoisotopic (exact) mass is 260 g/mol. The third kappa shape index (κ3) is 3.16. The fraction of sp³-hybridized carbons (Fsp3) is 0.562. The first-order chi connectivity index (χ1) is 9.06. The summed E-state index contributed by atoms with van der Waals surface area (Å²) in [5, 5.41) is 0. The van der Waals surface area contributed by atoms with Gasteiger partial charge in [0, 0.05) is 24.2 Å². The van der Waals surface area contributed by atoms with E-state index in [0.29, 0.717) is 13.0 Å². The van der Waals surface area contributed by atoms with Crippen LogP contribution in [-0.4, -0.2) is 18.0 Å². The highest BCUT2D eigenvalue weighted by atomic mass is 16.2. The predicted molar refractivity (Wildman–Crippen MR) is 79.2 cm³/mol. The minimum absolute atomic E-state index is 0.154. The number of para-hydroxylation sites is 1. The summed E-state index contributed by atoms with van der Waals surface area (Å²) in [5.74, 6) is 0.154. The Kier molecular flexibility index (Phi) is 4.25. The van der Waals surface area contributed by atoms with Crippen LogP contribution in [-0.2, 0) is 4.79 Å². The quantitative estimate of drug-likeness (QED) is 0.904. The van der Waals surface area contributed by atoms with Crippen molar-refractivity contribution in [3.63, 3.8) is 0 Å². The second kappa shape index (κ2) is 5.74. The Hall–Kier alpha value is -1.35. The highest BCUT2D eigenvalue weighted by molar-refractivity contribution is 5.94. The summed E-state index contributed by atoms with van der Waals surface area (Å²) in [6.45, 7) is 4.75. The molecule has 1 saturated carbocycles. The lowest BCUT2D eigenvalue weighted by Gasteiger charge is -2.28. The number of carbonyl (C=O) groups is 1. The van der Waals surface area contributed by atoms with Crippen molar-refractivity contribution in [2.45, 2.75) is 51.5 Å². The third-order valence-corrected chi connectivity index (χ3v) is 4.13. The first-order valence-electron chi connectivity index (χ1n) is 7.20. The van der Waals surface area contributed by atoms with E-state index in [-0.39, 0.29) is 11.4 Å². The zero-order chi connectivity index (χ0) is 13.9. The van der Waals surface area contributed by atoms with Gasteiger partial charge in [-0.2, -0.15) is 0 Å². The number of hydrogen-bond donors (Lipinski definition) is 1. The van der Waals surface area contributed by atoms with E-state index in [1.165, 1.54) is 0 Å². The van der Waals surface area contributed by atoms with Crippen molar-refractivity contribution < 1.29 is 4.79 Å². The van der Waals surface area contributed by atoms with Crippen molar-refractivity contribution in [2.75, 3.05) is 11.4 Å². The maximum Gasteiger partial charge on any atom is 0.228 e. The van der Waals surface area contributed by atoms with E-state index in [9.17, 15) is 4.79 Å². The molecule has 0 radical (unpaired) electrons. The maximum absolute atomic E-state index is 12.5. The molecule has 0 bridgehead atoms. The highest BCUT2D eigenvalue weighted by Crippen LogP contribution is 2.31. The summed E-state index contributed by atoms with van der Waals surface area (Å²) in [5.41, 5.74) is 8.20.